The zero-order valence-corrected chi connectivity index (χ0v) is 13.7. The Labute approximate surface area is 132 Å². The van der Waals surface area contributed by atoms with Gasteiger partial charge in [-0.2, -0.15) is 0 Å². The van der Waals surface area contributed by atoms with Gasteiger partial charge >= 0.3 is 5.97 Å². The summed E-state index contributed by atoms with van der Waals surface area (Å²) in [6.45, 7) is 4.33. The number of halogens is 1. The quantitative estimate of drug-likeness (QED) is 0.871. The number of carboxylic acids is 1. The molecule has 1 aliphatic rings. The number of nitrogens with one attached hydrogen (secondary N) is 1. The molecule has 1 unspecified atom stereocenters. The molecule has 0 spiro atoms. The first-order chi connectivity index (χ1) is 9.83. The smallest absolute Gasteiger partial charge is 0.323 e. The Morgan fingerprint density at radius 2 is 2.19 bits per heavy atom. The number of rotatable bonds is 4. The van der Waals surface area contributed by atoms with E-state index in [1.807, 2.05) is 25.1 Å². The molecule has 1 aliphatic heterocycles. The van der Waals surface area contributed by atoms with Gasteiger partial charge in [0.1, 0.15) is 5.54 Å². The van der Waals surface area contributed by atoms with Crippen molar-refractivity contribution in [3.8, 4) is 0 Å². The second-order valence-electron chi connectivity index (χ2n) is 5.61. The van der Waals surface area contributed by atoms with Gasteiger partial charge < -0.3 is 10.4 Å². The van der Waals surface area contributed by atoms with Crippen molar-refractivity contribution in [3.05, 3.63) is 28.2 Å². The molecule has 1 aromatic carbocycles. The monoisotopic (exact) mass is 354 g/mol. The molecular weight excluding hydrogens is 336 g/mol. The summed E-state index contributed by atoms with van der Waals surface area (Å²) in [5, 5.41) is 12.2. The van der Waals surface area contributed by atoms with Gasteiger partial charge in [-0.25, -0.2) is 0 Å². The first kappa shape index (κ1) is 16.0. The van der Waals surface area contributed by atoms with Gasteiger partial charge in [-0.1, -0.05) is 15.9 Å². The van der Waals surface area contributed by atoms with Crippen LogP contribution < -0.4 is 5.32 Å². The van der Waals surface area contributed by atoms with Crippen LogP contribution in [0.5, 0.6) is 0 Å². The van der Waals surface area contributed by atoms with Gasteiger partial charge in [0.2, 0.25) is 5.91 Å². The number of nitrogens with zero attached hydrogens (tertiary/aromatic N) is 1. The number of carbonyl (C=O) groups excluding carboxylic acids is 1. The first-order valence-corrected chi connectivity index (χ1v) is 7.67. The van der Waals surface area contributed by atoms with Gasteiger partial charge in [0.05, 0.1) is 6.54 Å². The molecule has 2 rings (SSSR count). The van der Waals surface area contributed by atoms with Crippen LogP contribution in [0.1, 0.15) is 25.3 Å². The number of hydrogen-bond donors (Lipinski definition) is 2. The minimum atomic E-state index is -0.938. The summed E-state index contributed by atoms with van der Waals surface area (Å²) in [7, 11) is 0. The van der Waals surface area contributed by atoms with Gasteiger partial charge in [-0.3, -0.25) is 14.5 Å². The highest BCUT2D eigenvalue weighted by Gasteiger charge is 2.43. The lowest BCUT2D eigenvalue weighted by Crippen LogP contribution is -2.50. The van der Waals surface area contributed by atoms with E-state index in [0.717, 1.165) is 22.1 Å². The summed E-state index contributed by atoms with van der Waals surface area (Å²) in [5.41, 5.74) is 0.770. The number of hydrogen-bond acceptors (Lipinski definition) is 3. The maximum atomic E-state index is 12.2. The first-order valence-electron chi connectivity index (χ1n) is 6.87. The van der Waals surface area contributed by atoms with Gasteiger partial charge in [-0.05, 0) is 57.0 Å². The number of carboxylic acid groups (broad SMARTS) is 1. The molecule has 5 nitrogen and oxygen atoms in total. The molecule has 0 saturated carbocycles. The molecule has 0 radical (unpaired) electrons. The largest absolute Gasteiger partial charge is 0.480 e. The van der Waals surface area contributed by atoms with E-state index >= 15 is 0 Å². The van der Waals surface area contributed by atoms with Crippen molar-refractivity contribution < 1.29 is 14.7 Å². The summed E-state index contributed by atoms with van der Waals surface area (Å²) in [5.74, 6) is -1.05. The van der Waals surface area contributed by atoms with Crippen LogP contribution in [0.4, 0.5) is 5.69 Å². The van der Waals surface area contributed by atoms with Crippen molar-refractivity contribution in [2.24, 2.45) is 0 Å². The molecule has 1 amide bonds. The molecule has 1 saturated heterocycles. The standard InChI is InChI=1S/C15H19BrN2O3/c1-10-8-11(16)4-5-12(10)17-13(19)9-18-7-3-6-15(18,2)14(20)21/h4-5,8H,3,6-7,9H2,1-2H3,(H,17,19)(H,20,21). The highest BCUT2D eigenvalue weighted by molar-refractivity contribution is 9.10. The lowest BCUT2D eigenvalue weighted by molar-refractivity contribution is -0.149. The minimum Gasteiger partial charge on any atom is -0.480 e. The maximum Gasteiger partial charge on any atom is 0.323 e. The van der Waals surface area contributed by atoms with E-state index < -0.39 is 11.5 Å². The number of benzene rings is 1. The number of amides is 1. The number of aryl methyl sites for hydroxylation is 1. The number of carbonyl (C=O) groups is 2. The van der Waals surface area contributed by atoms with Crippen molar-refractivity contribution in [2.45, 2.75) is 32.2 Å². The number of anilines is 1. The van der Waals surface area contributed by atoms with Gasteiger partial charge in [-0.15, -0.1) is 0 Å². The van der Waals surface area contributed by atoms with Crippen LogP contribution in [0.3, 0.4) is 0 Å². The fraction of sp³-hybridized carbons (Fsp3) is 0.467. The molecule has 1 fully saturated rings. The Kier molecular flexibility index (Phi) is 4.68. The van der Waals surface area contributed by atoms with Crippen LogP contribution >= 0.6 is 15.9 Å². The predicted molar refractivity (Wildman–Crippen MR) is 84.4 cm³/mol. The summed E-state index contributed by atoms with van der Waals surface area (Å²) in [6, 6.07) is 5.62. The summed E-state index contributed by atoms with van der Waals surface area (Å²) in [4.78, 5) is 25.3. The van der Waals surface area contributed by atoms with E-state index in [1.54, 1.807) is 11.8 Å². The summed E-state index contributed by atoms with van der Waals surface area (Å²) >= 11 is 3.38. The molecule has 0 aromatic heterocycles. The second-order valence-corrected chi connectivity index (χ2v) is 6.53. The molecule has 1 heterocycles. The summed E-state index contributed by atoms with van der Waals surface area (Å²) < 4.78 is 0.955. The Morgan fingerprint density at radius 1 is 1.48 bits per heavy atom. The molecule has 0 aliphatic carbocycles. The number of likely N-dealkylation sites (tertiary alicyclic amines) is 1. The van der Waals surface area contributed by atoms with Crippen LogP contribution in [0.2, 0.25) is 0 Å². The average molecular weight is 355 g/mol. The molecule has 6 heteroatoms. The molecule has 114 valence electrons. The van der Waals surface area contributed by atoms with Crippen molar-refractivity contribution in [1.82, 2.24) is 4.90 Å². The third-order valence-corrected chi connectivity index (χ3v) is 4.54. The maximum absolute atomic E-state index is 12.2. The van der Waals surface area contributed by atoms with Crippen LogP contribution in [0.15, 0.2) is 22.7 Å². The van der Waals surface area contributed by atoms with E-state index in [2.05, 4.69) is 21.2 Å². The van der Waals surface area contributed by atoms with Gasteiger partial charge in [0.25, 0.3) is 0 Å². The fourth-order valence-corrected chi connectivity index (χ4v) is 3.12. The Morgan fingerprint density at radius 3 is 2.81 bits per heavy atom. The van der Waals surface area contributed by atoms with E-state index in [1.165, 1.54) is 0 Å². The van der Waals surface area contributed by atoms with Crippen molar-refractivity contribution in [1.29, 1.82) is 0 Å². The molecule has 21 heavy (non-hydrogen) atoms. The highest BCUT2D eigenvalue weighted by Crippen LogP contribution is 2.29. The van der Waals surface area contributed by atoms with Crippen molar-refractivity contribution >= 4 is 33.5 Å². The van der Waals surface area contributed by atoms with E-state index in [4.69, 9.17) is 0 Å². The Hall–Kier alpha value is -1.40. The van der Waals surface area contributed by atoms with Crippen molar-refractivity contribution in [3.63, 3.8) is 0 Å². The molecule has 1 aromatic rings. The third kappa shape index (κ3) is 3.44. The third-order valence-electron chi connectivity index (χ3n) is 4.05. The van der Waals surface area contributed by atoms with E-state index in [9.17, 15) is 14.7 Å². The lowest BCUT2D eigenvalue weighted by Gasteiger charge is -2.30. The predicted octanol–water partition coefficient (Wildman–Crippen LogP) is 2.64. The van der Waals surface area contributed by atoms with E-state index in [0.29, 0.717) is 13.0 Å². The average Bonchev–Trinajstić information content (AvgIpc) is 2.76. The minimum absolute atomic E-state index is 0.0955. The highest BCUT2D eigenvalue weighted by atomic mass is 79.9. The van der Waals surface area contributed by atoms with Crippen LogP contribution in [-0.2, 0) is 9.59 Å². The van der Waals surface area contributed by atoms with Crippen LogP contribution in [0, 0.1) is 6.92 Å². The number of aliphatic carboxylic acids is 1. The molecule has 1 atom stereocenters. The Balaban J connectivity index is 2.03. The zero-order chi connectivity index (χ0) is 15.6. The lowest BCUT2D eigenvalue weighted by atomic mass is 9.99. The topological polar surface area (TPSA) is 69.6 Å². The second kappa shape index (κ2) is 6.15. The molecule has 0 bridgehead atoms. The zero-order valence-electron chi connectivity index (χ0n) is 12.1. The van der Waals surface area contributed by atoms with Crippen LogP contribution in [0.25, 0.3) is 0 Å². The summed E-state index contributed by atoms with van der Waals surface area (Å²) in [6.07, 6.45) is 1.38. The van der Waals surface area contributed by atoms with Gasteiger partial charge in [0.15, 0.2) is 0 Å². The Bertz CT molecular complexity index is 576. The van der Waals surface area contributed by atoms with Crippen LogP contribution in [-0.4, -0.2) is 40.5 Å². The van der Waals surface area contributed by atoms with Gasteiger partial charge in [0, 0.05) is 10.2 Å². The molecular formula is C15H19BrN2O3. The fourth-order valence-electron chi connectivity index (χ4n) is 2.65. The SMILES string of the molecule is Cc1cc(Br)ccc1NC(=O)CN1CCCC1(C)C(=O)O. The van der Waals surface area contributed by atoms with Crippen molar-refractivity contribution in [2.75, 3.05) is 18.4 Å². The normalized spacial score (nSPS) is 22.2. The van der Waals surface area contributed by atoms with E-state index in [-0.39, 0.29) is 12.5 Å². The molecule has 2 N–H and O–H groups in total.